The second kappa shape index (κ2) is 9.98. The van der Waals surface area contributed by atoms with E-state index in [9.17, 15) is 9.59 Å². The van der Waals surface area contributed by atoms with Crippen LogP contribution in [-0.4, -0.2) is 39.6 Å². The summed E-state index contributed by atoms with van der Waals surface area (Å²) in [7, 11) is 0. The van der Waals surface area contributed by atoms with Crippen LogP contribution in [0.25, 0.3) is 5.69 Å². The largest absolute Gasteiger partial charge is 0.352 e. The molecule has 1 saturated heterocycles. The predicted octanol–water partition coefficient (Wildman–Crippen LogP) is 4.89. The van der Waals surface area contributed by atoms with E-state index in [1.807, 2.05) is 49.1 Å². The van der Waals surface area contributed by atoms with Crippen LogP contribution in [0.2, 0.25) is 10.0 Å². The van der Waals surface area contributed by atoms with Gasteiger partial charge in [-0.25, -0.2) is 4.68 Å². The SMILES string of the molecule is Cc1nn(-c2ccc(Cl)cc2Cl)c(C)c1CC(=O)NCc1ccc(C(=O)N2CCCC2)cc1. The van der Waals surface area contributed by atoms with E-state index in [1.165, 1.54) is 0 Å². The summed E-state index contributed by atoms with van der Waals surface area (Å²) >= 11 is 12.3. The molecule has 1 aliphatic heterocycles. The molecular formula is C25H26Cl2N4O2. The fraction of sp³-hybridized carbons (Fsp3) is 0.320. The monoisotopic (exact) mass is 484 g/mol. The molecule has 1 aliphatic rings. The molecule has 33 heavy (non-hydrogen) atoms. The highest BCUT2D eigenvalue weighted by atomic mass is 35.5. The molecule has 3 aromatic rings. The van der Waals surface area contributed by atoms with Gasteiger partial charge < -0.3 is 10.2 Å². The summed E-state index contributed by atoms with van der Waals surface area (Å²) in [5.41, 5.74) is 4.85. The Bertz CT molecular complexity index is 1180. The number of hydrogen-bond acceptors (Lipinski definition) is 3. The number of aryl methyl sites for hydroxylation is 1. The smallest absolute Gasteiger partial charge is 0.253 e. The van der Waals surface area contributed by atoms with Crippen LogP contribution in [0.1, 0.15) is 45.7 Å². The van der Waals surface area contributed by atoms with Crippen molar-refractivity contribution >= 4 is 35.0 Å². The van der Waals surface area contributed by atoms with E-state index in [4.69, 9.17) is 23.2 Å². The van der Waals surface area contributed by atoms with Gasteiger partial charge in [-0.1, -0.05) is 35.3 Å². The fourth-order valence-electron chi connectivity index (χ4n) is 4.11. The van der Waals surface area contributed by atoms with E-state index in [0.29, 0.717) is 22.2 Å². The number of rotatable bonds is 6. The summed E-state index contributed by atoms with van der Waals surface area (Å²) in [6, 6.07) is 12.7. The lowest BCUT2D eigenvalue weighted by Gasteiger charge is -2.15. The van der Waals surface area contributed by atoms with Crippen molar-refractivity contribution < 1.29 is 9.59 Å². The Kier molecular flexibility index (Phi) is 7.05. The molecular weight excluding hydrogens is 459 g/mol. The Morgan fingerprint density at radius 2 is 1.73 bits per heavy atom. The molecule has 0 atom stereocenters. The van der Waals surface area contributed by atoms with E-state index in [0.717, 1.165) is 54.1 Å². The Morgan fingerprint density at radius 1 is 1.03 bits per heavy atom. The first-order chi connectivity index (χ1) is 15.8. The molecule has 6 nitrogen and oxygen atoms in total. The second-order valence-corrected chi connectivity index (χ2v) is 9.15. The van der Waals surface area contributed by atoms with Crippen LogP contribution in [0.3, 0.4) is 0 Å². The summed E-state index contributed by atoms with van der Waals surface area (Å²) in [5, 5.41) is 8.58. The number of hydrogen-bond donors (Lipinski definition) is 1. The zero-order valence-corrected chi connectivity index (χ0v) is 20.2. The summed E-state index contributed by atoms with van der Waals surface area (Å²) in [5.74, 6) is -0.0213. The minimum absolute atomic E-state index is 0.0758. The number of nitrogens with zero attached hydrogens (tertiary/aromatic N) is 3. The molecule has 0 radical (unpaired) electrons. The highest BCUT2D eigenvalue weighted by molar-refractivity contribution is 6.35. The molecule has 2 heterocycles. The lowest BCUT2D eigenvalue weighted by Crippen LogP contribution is -2.27. The predicted molar refractivity (Wildman–Crippen MR) is 130 cm³/mol. The highest BCUT2D eigenvalue weighted by Gasteiger charge is 2.20. The molecule has 1 aromatic heterocycles. The van der Waals surface area contributed by atoms with Crippen LogP contribution in [0, 0.1) is 13.8 Å². The Balaban J connectivity index is 1.38. The van der Waals surface area contributed by atoms with Gasteiger partial charge in [-0.15, -0.1) is 0 Å². The van der Waals surface area contributed by atoms with Crippen LogP contribution in [0.4, 0.5) is 0 Å². The standard InChI is InChI=1S/C25H26Cl2N4O2/c1-16-21(17(2)31(29-16)23-10-9-20(26)13-22(23)27)14-24(32)28-15-18-5-7-19(8-6-18)25(33)30-11-3-4-12-30/h5-10,13H,3-4,11-12,14-15H2,1-2H3,(H,28,32). The number of nitrogens with one attached hydrogen (secondary N) is 1. The topological polar surface area (TPSA) is 67.2 Å². The lowest BCUT2D eigenvalue weighted by molar-refractivity contribution is -0.120. The minimum Gasteiger partial charge on any atom is -0.352 e. The van der Waals surface area contributed by atoms with Crippen molar-refractivity contribution in [1.29, 1.82) is 0 Å². The molecule has 2 amide bonds. The maximum absolute atomic E-state index is 12.6. The third kappa shape index (κ3) is 5.23. The molecule has 0 spiro atoms. The number of carbonyl (C=O) groups excluding carboxylic acids is 2. The third-order valence-corrected chi connectivity index (χ3v) is 6.54. The van der Waals surface area contributed by atoms with Gasteiger partial charge >= 0.3 is 0 Å². The number of amides is 2. The van der Waals surface area contributed by atoms with Crippen molar-refractivity contribution in [2.24, 2.45) is 0 Å². The van der Waals surface area contributed by atoms with Gasteiger partial charge in [-0.2, -0.15) is 5.10 Å². The van der Waals surface area contributed by atoms with E-state index >= 15 is 0 Å². The number of halogens is 2. The molecule has 8 heteroatoms. The maximum atomic E-state index is 12.6. The van der Waals surface area contributed by atoms with Crippen LogP contribution in [0.15, 0.2) is 42.5 Å². The first kappa shape index (κ1) is 23.3. The molecule has 4 rings (SSSR count). The van der Waals surface area contributed by atoms with Crippen molar-refractivity contribution in [3.63, 3.8) is 0 Å². The maximum Gasteiger partial charge on any atom is 0.253 e. The van der Waals surface area contributed by atoms with Crippen molar-refractivity contribution in [2.45, 2.75) is 39.7 Å². The molecule has 0 aliphatic carbocycles. The lowest BCUT2D eigenvalue weighted by atomic mass is 10.1. The van der Waals surface area contributed by atoms with Crippen molar-refractivity contribution in [2.75, 3.05) is 13.1 Å². The quantitative estimate of drug-likeness (QED) is 0.541. The number of likely N-dealkylation sites (tertiary alicyclic amines) is 1. The van der Waals surface area contributed by atoms with Gasteiger partial charge in [0, 0.05) is 41.5 Å². The second-order valence-electron chi connectivity index (χ2n) is 8.31. The average Bonchev–Trinajstić information content (AvgIpc) is 3.42. The number of aromatic nitrogens is 2. The van der Waals surface area contributed by atoms with Gasteiger partial charge in [0.15, 0.2) is 0 Å². The van der Waals surface area contributed by atoms with Gasteiger partial charge in [-0.3, -0.25) is 9.59 Å². The van der Waals surface area contributed by atoms with Crippen molar-refractivity contribution in [1.82, 2.24) is 20.0 Å². The summed E-state index contributed by atoms with van der Waals surface area (Å²) < 4.78 is 1.74. The van der Waals surface area contributed by atoms with Crippen molar-refractivity contribution in [3.8, 4) is 5.69 Å². The number of benzene rings is 2. The Labute approximate surface area is 203 Å². The zero-order valence-electron chi connectivity index (χ0n) is 18.7. The highest BCUT2D eigenvalue weighted by Crippen LogP contribution is 2.27. The molecule has 1 fully saturated rings. The van der Waals surface area contributed by atoms with E-state index in [1.54, 1.807) is 16.8 Å². The van der Waals surface area contributed by atoms with Gasteiger partial charge in [0.25, 0.3) is 5.91 Å². The number of carbonyl (C=O) groups is 2. The normalized spacial score (nSPS) is 13.4. The molecule has 0 saturated carbocycles. The van der Waals surface area contributed by atoms with E-state index in [2.05, 4.69) is 10.4 Å². The summed E-state index contributed by atoms with van der Waals surface area (Å²) in [4.78, 5) is 27.0. The molecule has 1 N–H and O–H groups in total. The Morgan fingerprint density at radius 3 is 2.39 bits per heavy atom. The third-order valence-electron chi connectivity index (χ3n) is 6.00. The minimum atomic E-state index is -0.0971. The Hall–Kier alpha value is -2.83. The molecule has 2 aromatic carbocycles. The van der Waals surface area contributed by atoms with Crippen LogP contribution in [0.5, 0.6) is 0 Å². The van der Waals surface area contributed by atoms with Gasteiger partial charge in [0.2, 0.25) is 5.91 Å². The fourth-order valence-corrected chi connectivity index (χ4v) is 4.60. The average molecular weight is 485 g/mol. The first-order valence-corrected chi connectivity index (χ1v) is 11.7. The van der Waals surface area contributed by atoms with Gasteiger partial charge in [-0.05, 0) is 62.6 Å². The summed E-state index contributed by atoms with van der Waals surface area (Å²) in [6.07, 6.45) is 2.36. The molecule has 0 bridgehead atoms. The molecule has 0 unspecified atom stereocenters. The van der Waals surface area contributed by atoms with Crippen molar-refractivity contribution in [3.05, 3.63) is 80.6 Å². The zero-order chi connectivity index (χ0) is 23.5. The van der Waals surface area contributed by atoms with Gasteiger partial charge in [0.05, 0.1) is 22.8 Å². The summed E-state index contributed by atoms with van der Waals surface area (Å²) in [6.45, 7) is 5.86. The van der Waals surface area contributed by atoms with Gasteiger partial charge in [0.1, 0.15) is 0 Å². The van der Waals surface area contributed by atoms with E-state index in [-0.39, 0.29) is 18.2 Å². The first-order valence-electron chi connectivity index (χ1n) is 11.0. The van der Waals surface area contributed by atoms with Crippen LogP contribution >= 0.6 is 23.2 Å². The van der Waals surface area contributed by atoms with Crippen LogP contribution < -0.4 is 5.32 Å². The van der Waals surface area contributed by atoms with Crippen LogP contribution in [-0.2, 0) is 17.8 Å². The van der Waals surface area contributed by atoms with E-state index < -0.39 is 0 Å². The molecule has 172 valence electrons.